The summed E-state index contributed by atoms with van der Waals surface area (Å²) in [6.45, 7) is -2.29. The summed E-state index contributed by atoms with van der Waals surface area (Å²) in [6, 6.07) is 0. The van der Waals surface area contributed by atoms with Gasteiger partial charge in [-0.05, 0) is 18.2 Å². The minimum absolute atomic E-state index is 0.101. The molecule has 0 radical (unpaired) electrons. The van der Waals surface area contributed by atoms with E-state index < -0.39 is 6.95 Å². The molecule has 0 aliphatic carbocycles. The lowest BCUT2D eigenvalue weighted by Gasteiger charge is -2.11. The highest BCUT2D eigenvalue weighted by molar-refractivity contribution is 7.79. The maximum Gasteiger partial charge on any atom is 0.225 e. The van der Waals surface area contributed by atoms with Gasteiger partial charge in [0.05, 0.1) is 6.61 Å². The molecule has 0 aliphatic rings. The van der Waals surface area contributed by atoms with Gasteiger partial charge in [-0.2, -0.15) is 0 Å². The summed E-state index contributed by atoms with van der Waals surface area (Å²) < 4.78 is 13.8. The molecule has 1 atom stereocenters. The van der Waals surface area contributed by atoms with Crippen molar-refractivity contribution in [3.05, 3.63) is 0 Å². The molecule has 0 spiro atoms. The molecule has 0 saturated carbocycles. The fourth-order valence-electron chi connectivity index (χ4n) is 0.154. The molecule has 1 unspecified atom stereocenters. The lowest BCUT2D eigenvalue weighted by molar-refractivity contribution is -0.190. The van der Waals surface area contributed by atoms with Crippen LogP contribution in [0.3, 0.4) is 0 Å². The third-order valence-corrected chi connectivity index (χ3v) is 1.14. The molecule has 0 aromatic heterocycles. The minimum Gasteiger partial charge on any atom is -0.766 e. The van der Waals surface area contributed by atoms with E-state index in [1.54, 1.807) is 6.92 Å². The Morgan fingerprint density at radius 2 is 2.43 bits per heavy atom. The van der Waals surface area contributed by atoms with Gasteiger partial charge in [-0.3, -0.25) is 4.57 Å². The first-order valence-corrected chi connectivity index (χ1v) is 4.16. The van der Waals surface area contributed by atoms with Gasteiger partial charge in [0.1, 0.15) is 0 Å². The number of halogens is 1. The first kappa shape index (κ1) is 7.44. The average molecular weight is 143 g/mol. The van der Waals surface area contributed by atoms with Gasteiger partial charge in [0.25, 0.3) is 0 Å². The van der Waals surface area contributed by atoms with Crippen molar-refractivity contribution in [2.75, 3.05) is 6.61 Å². The predicted octanol–water partition coefficient (Wildman–Crippen LogP) is 0.730. The van der Waals surface area contributed by atoms with Crippen LogP contribution >= 0.6 is 18.2 Å². The van der Waals surface area contributed by atoms with Gasteiger partial charge >= 0.3 is 0 Å². The third kappa shape index (κ3) is 6.44. The second-order valence-electron chi connectivity index (χ2n) is 0.848. The molecule has 7 heavy (non-hydrogen) atoms. The van der Waals surface area contributed by atoms with Crippen molar-refractivity contribution in [3.63, 3.8) is 0 Å². The van der Waals surface area contributed by atoms with Gasteiger partial charge in [-0.25, -0.2) is 0 Å². The molecular formula is C2H5ClO3P-. The van der Waals surface area contributed by atoms with Crippen molar-refractivity contribution in [2.24, 2.45) is 0 Å². The van der Waals surface area contributed by atoms with Crippen molar-refractivity contribution >= 4 is 18.2 Å². The molecule has 3 nitrogen and oxygen atoms in total. The van der Waals surface area contributed by atoms with Crippen molar-refractivity contribution in [2.45, 2.75) is 6.92 Å². The normalized spacial score (nSPS) is 18.7. The van der Waals surface area contributed by atoms with Gasteiger partial charge in [0, 0.05) is 0 Å². The first-order chi connectivity index (χ1) is 3.06. The molecule has 0 aliphatic heterocycles. The van der Waals surface area contributed by atoms with Crippen molar-refractivity contribution in [1.82, 2.24) is 0 Å². The van der Waals surface area contributed by atoms with Gasteiger partial charge in [-0.15, -0.1) is 0 Å². The van der Waals surface area contributed by atoms with Crippen LogP contribution < -0.4 is 4.89 Å². The van der Waals surface area contributed by atoms with E-state index >= 15 is 0 Å². The van der Waals surface area contributed by atoms with Crippen LogP contribution in [0.15, 0.2) is 0 Å². The van der Waals surface area contributed by atoms with E-state index in [0.29, 0.717) is 0 Å². The Kier molecular flexibility index (Phi) is 2.84. The van der Waals surface area contributed by atoms with Crippen LogP contribution in [0.25, 0.3) is 0 Å². The standard InChI is InChI=1S/C2H6ClO3P/c1-2-6-7(3,4)5/h2H2,1H3,(H,4,5)/p-1. The predicted molar refractivity (Wildman–Crippen MR) is 25.1 cm³/mol. The van der Waals surface area contributed by atoms with Gasteiger partial charge < -0.3 is 9.42 Å². The third-order valence-electron chi connectivity index (χ3n) is 0.283. The molecule has 44 valence electrons. The zero-order chi connectivity index (χ0) is 5.91. The van der Waals surface area contributed by atoms with Crippen LogP contribution in [0.4, 0.5) is 0 Å². The van der Waals surface area contributed by atoms with E-state index in [1.165, 1.54) is 0 Å². The molecule has 0 heterocycles. The second kappa shape index (κ2) is 2.68. The summed E-state index contributed by atoms with van der Waals surface area (Å²) in [5.74, 6) is 0. The summed E-state index contributed by atoms with van der Waals surface area (Å²) >= 11 is 4.61. The molecule has 0 saturated heterocycles. The molecule has 0 bridgehead atoms. The number of hydrogen-bond donors (Lipinski definition) is 0. The largest absolute Gasteiger partial charge is 0.766 e. The highest BCUT2D eigenvalue weighted by atomic mass is 35.7. The maximum absolute atomic E-state index is 9.80. The summed E-state index contributed by atoms with van der Waals surface area (Å²) in [7, 11) is 0. The Bertz CT molecular complexity index is 86.9. The van der Waals surface area contributed by atoms with Crippen LogP contribution in [0.2, 0.25) is 0 Å². The fraction of sp³-hybridized carbons (Fsp3) is 1.00. The van der Waals surface area contributed by atoms with Crippen LogP contribution in [-0.2, 0) is 9.09 Å². The van der Waals surface area contributed by atoms with Crippen LogP contribution in [-0.4, -0.2) is 6.61 Å². The highest BCUT2D eigenvalue weighted by Gasteiger charge is 1.96. The zero-order valence-corrected chi connectivity index (χ0v) is 5.41. The number of rotatable bonds is 2. The Morgan fingerprint density at radius 1 is 2.00 bits per heavy atom. The highest BCUT2D eigenvalue weighted by Crippen LogP contribution is 2.41. The van der Waals surface area contributed by atoms with Gasteiger partial charge in [0.2, 0.25) is 6.95 Å². The van der Waals surface area contributed by atoms with E-state index in [2.05, 4.69) is 15.8 Å². The monoisotopic (exact) mass is 143 g/mol. The lowest BCUT2D eigenvalue weighted by Crippen LogP contribution is -1.96. The molecule has 0 amide bonds. The van der Waals surface area contributed by atoms with Gasteiger partial charge in [0.15, 0.2) is 0 Å². The number of hydrogen-bond acceptors (Lipinski definition) is 3. The molecule has 0 rings (SSSR count). The topological polar surface area (TPSA) is 49.4 Å². The van der Waals surface area contributed by atoms with Crippen LogP contribution in [0.5, 0.6) is 0 Å². The molecular weight excluding hydrogens is 138 g/mol. The molecule has 5 heteroatoms. The Labute approximate surface area is 46.6 Å². The van der Waals surface area contributed by atoms with E-state index in [9.17, 15) is 9.46 Å². The average Bonchev–Trinajstić information content (AvgIpc) is 1.30. The lowest BCUT2D eigenvalue weighted by atomic mass is 10.9. The molecule has 0 N–H and O–H groups in total. The fourth-order valence-corrected chi connectivity index (χ4v) is 0.755. The Hall–Kier alpha value is 0.440. The maximum atomic E-state index is 9.80. The first-order valence-electron chi connectivity index (χ1n) is 1.71. The van der Waals surface area contributed by atoms with Crippen molar-refractivity contribution in [3.8, 4) is 0 Å². The van der Waals surface area contributed by atoms with E-state index in [1.807, 2.05) is 0 Å². The van der Waals surface area contributed by atoms with Crippen molar-refractivity contribution in [1.29, 1.82) is 0 Å². The zero-order valence-electron chi connectivity index (χ0n) is 3.76. The summed E-state index contributed by atoms with van der Waals surface area (Å²) in [5, 5.41) is 0. The summed E-state index contributed by atoms with van der Waals surface area (Å²) in [5.41, 5.74) is 0. The molecule has 0 fully saturated rings. The summed E-state index contributed by atoms with van der Waals surface area (Å²) in [4.78, 5) is 9.80. The van der Waals surface area contributed by atoms with Gasteiger partial charge in [-0.1, -0.05) is 0 Å². The summed E-state index contributed by atoms with van der Waals surface area (Å²) in [6.07, 6.45) is 0. The SMILES string of the molecule is CCOP(=O)([O-])Cl. The Morgan fingerprint density at radius 3 is 2.43 bits per heavy atom. The van der Waals surface area contributed by atoms with E-state index in [0.717, 1.165) is 0 Å². The molecule has 0 aromatic carbocycles. The van der Waals surface area contributed by atoms with E-state index in [4.69, 9.17) is 0 Å². The van der Waals surface area contributed by atoms with E-state index in [-0.39, 0.29) is 6.61 Å². The Balaban J connectivity index is 3.36. The quantitative estimate of drug-likeness (QED) is 0.536. The smallest absolute Gasteiger partial charge is 0.225 e. The molecule has 0 aromatic rings. The van der Waals surface area contributed by atoms with Crippen LogP contribution in [0.1, 0.15) is 6.92 Å². The second-order valence-corrected chi connectivity index (χ2v) is 3.21. The van der Waals surface area contributed by atoms with Crippen molar-refractivity contribution < 1.29 is 14.0 Å². The van der Waals surface area contributed by atoms with Crippen LogP contribution in [0, 0.1) is 0 Å². The minimum atomic E-state index is -3.94.